The molecular formula is C26H43N5O5S. The number of carboxylic acid groups (broad SMARTS) is 1. The van der Waals surface area contributed by atoms with E-state index in [1.54, 1.807) is 36.0 Å². The Hall–Kier alpha value is -2.63. The van der Waals surface area contributed by atoms with Gasteiger partial charge in [-0.15, -0.1) is 0 Å². The summed E-state index contributed by atoms with van der Waals surface area (Å²) >= 11 is 1.58. The molecule has 0 aliphatic carbocycles. The van der Waals surface area contributed by atoms with Crippen molar-refractivity contribution in [2.75, 3.05) is 18.6 Å². The van der Waals surface area contributed by atoms with Crippen molar-refractivity contribution in [2.24, 2.45) is 17.4 Å². The number of unbranched alkanes of at least 4 members (excludes halogenated alkanes) is 1. The zero-order valence-electron chi connectivity index (χ0n) is 22.1. The van der Waals surface area contributed by atoms with Crippen LogP contribution in [-0.2, 0) is 25.6 Å². The maximum Gasteiger partial charge on any atom is 0.326 e. The van der Waals surface area contributed by atoms with Gasteiger partial charge in [-0.2, -0.15) is 11.8 Å². The van der Waals surface area contributed by atoms with Crippen molar-refractivity contribution in [3.8, 4) is 0 Å². The maximum absolute atomic E-state index is 13.3. The molecule has 1 rings (SSSR count). The molecule has 37 heavy (non-hydrogen) atoms. The number of nitrogens with two attached hydrogens (primary N) is 2. The van der Waals surface area contributed by atoms with Gasteiger partial charge in [0.05, 0.1) is 6.04 Å². The van der Waals surface area contributed by atoms with Gasteiger partial charge in [-0.3, -0.25) is 14.4 Å². The Bertz CT molecular complexity index is 857. The van der Waals surface area contributed by atoms with Gasteiger partial charge in [-0.05, 0) is 55.7 Å². The fourth-order valence-electron chi connectivity index (χ4n) is 3.68. The van der Waals surface area contributed by atoms with Gasteiger partial charge in [-0.1, -0.05) is 50.6 Å². The molecule has 0 saturated carbocycles. The van der Waals surface area contributed by atoms with Crippen molar-refractivity contribution in [2.45, 2.75) is 76.5 Å². The van der Waals surface area contributed by atoms with Crippen LogP contribution in [-0.4, -0.2) is 71.5 Å². The lowest BCUT2D eigenvalue weighted by molar-refractivity contribution is -0.142. The second-order valence-electron chi connectivity index (χ2n) is 9.19. The van der Waals surface area contributed by atoms with Crippen LogP contribution in [0.4, 0.5) is 0 Å². The van der Waals surface area contributed by atoms with E-state index < -0.39 is 47.9 Å². The number of hydrogen-bond acceptors (Lipinski definition) is 7. The highest BCUT2D eigenvalue weighted by Gasteiger charge is 2.32. The molecule has 0 aromatic heterocycles. The normalized spacial score (nSPS) is 15.1. The third-order valence-electron chi connectivity index (χ3n) is 6.24. The first kappa shape index (κ1) is 32.4. The van der Waals surface area contributed by atoms with Crippen molar-refractivity contribution in [3.05, 3.63) is 35.9 Å². The quantitative estimate of drug-likeness (QED) is 0.150. The van der Waals surface area contributed by atoms with E-state index in [1.165, 1.54) is 0 Å². The van der Waals surface area contributed by atoms with Crippen LogP contribution in [0.2, 0.25) is 0 Å². The minimum absolute atomic E-state index is 0.102. The van der Waals surface area contributed by atoms with Crippen molar-refractivity contribution < 1.29 is 24.3 Å². The lowest BCUT2D eigenvalue weighted by atomic mass is 9.96. The van der Waals surface area contributed by atoms with E-state index >= 15 is 0 Å². The van der Waals surface area contributed by atoms with Crippen LogP contribution >= 0.6 is 11.8 Å². The molecule has 208 valence electrons. The number of carbonyl (C=O) groups excluding carboxylic acids is 3. The Balaban J connectivity index is 3.01. The van der Waals surface area contributed by atoms with Crippen LogP contribution in [0, 0.1) is 5.92 Å². The summed E-state index contributed by atoms with van der Waals surface area (Å²) in [4.78, 5) is 50.9. The van der Waals surface area contributed by atoms with Crippen LogP contribution in [0.15, 0.2) is 30.3 Å². The molecular weight excluding hydrogens is 494 g/mol. The van der Waals surface area contributed by atoms with Gasteiger partial charge in [0, 0.05) is 6.42 Å². The zero-order chi connectivity index (χ0) is 27.8. The topological polar surface area (TPSA) is 177 Å². The number of thioether (sulfide) groups is 1. The van der Waals surface area contributed by atoms with E-state index in [4.69, 9.17) is 11.5 Å². The fraction of sp³-hybridized carbons (Fsp3) is 0.615. The van der Waals surface area contributed by atoms with Gasteiger partial charge in [0.25, 0.3) is 0 Å². The summed E-state index contributed by atoms with van der Waals surface area (Å²) in [5.41, 5.74) is 12.3. The van der Waals surface area contributed by atoms with E-state index in [9.17, 15) is 24.3 Å². The highest BCUT2D eigenvalue weighted by molar-refractivity contribution is 7.98. The number of nitrogens with one attached hydrogen (secondary N) is 3. The van der Waals surface area contributed by atoms with Gasteiger partial charge in [0.15, 0.2) is 0 Å². The van der Waals surface area contributed by atoms with Crippen molar-refractivity contribution >= 4 is 35.5 Å². The molecule has 1 aromatic carbocycles. The van der Waals surface area contributed by atoms with Crippen LogP contribution in [0.5, 0.6) is 0 Å². The first-order valence-electron chi connectivity index (χ1n) is 12.8. The maximum atomic E-state index is 13.3. The molecule has 0 radical (unpaired) electrons. The van der Waals surface area contributed by atoms with Gasteiger partial charge in [-0.25, -0.2) is 4.79 Å². The Morgan fingerprint density at radius 1 is 0.946 bits per heavy atom. The van der Waals surface area contributed by atoms with Crippen LogP contribution < -0.4 is 27.4 Å². The zero-order valence-corrected chi connectivity index (χ0v) is 22.9. The summed E-state index contributed by atoms with van der Waals surface area (Å²) in [5.74, 6) is -2.21. The van der Waals surface area contributed by atoms with Crippen LogP contribution in [0.25, 0.3) is 0 Å². The van der Waals surface area contributed by atoms with Crippen molar-refractivity contribution in [1.29, 1.82) is 0 Å². The second-order valence-corrected chi connectivity index (χ2v) is 10.2. The Labute approximate surface area is 224 Å². The van der Waals surface area contributed by atoms with E-state index in [-0.39, 0.29) is 18.8 Å². The molecule has 0 fully saturated rings. The number of rotatable bonds is 18. The highest BCUT2D eigenvalue weighted by Crippen LogP contribution is 2.11. The summed E-state index contributed by atoms with van der Waals surface area (Å²) in [6, 6.07) is 5.20. The largest absolute Gasteiger partial charge is 0.480 e. The smallest absolute Gasteiger partial charge is 0.326 e. The number of carbonyl (C=O) groups is 4. The lowest BCUT2D eigenvalue weighted by Gasteiger charge is -2.28. The molecule has 1 aromatic rings. The van der Waals surface area contributed by atoms with Crippen LogP contribution in [0.3, 0.4) is 0 Å². The van der Waals surface area contributed by atoms with Gasteiger partial charge in [0.2, 0.25) is 17.7 Å². The van der Waals surface area contributed by atoms with Gasteiger partial charge >= 0.3 is 5.97 Å². The molecule has 0 spiro atoms. The molecule has 5 atom stereocenters. The predicted molar refractivity (Wildman–Crippen MR) is 147 cm³/mol. The monoisotopic (exact) mass is 537 g/mol. The third-order valence-corrected chi connectivity index (χ3v) is 6.88. The van der Waals surface area contributed by atoms with Gasteiger partial charge in [0.1, 0.15) is 18.1 Å². The minimum Gasteiger partial charge on any atom is -0.480 e. The number of hydrogen-bond donors (Lipinski definition) is 6. The number of amides is 3. The van der Waals surface area contributed by atoms with E-state index in [2.05, 4.69) is 16.0 Å². The average Bonchev–Trinajstić information content (AvgIpc) is 2.89. The number of aliphatic carboxylic acids is 1. The van der Waals surface area contributed by atoms with Crippen molar-refractivity contribution in [3.63, 3.8) is 0 Å². The summed E-state index contributed by atoms with van der Waals surface area (Å²) in [7, 11) is 0. The van der Waals surface area contributed by atoms with Crippen molar-refractivity contribution in [1.82, 2.24) is 16.0 Å². The first-order chi connectivity index (χ1) is 17.6. The molecule has 8 N–H and O–H groups in total. The molecule has 0 aliphatic heterocycles. The Morgan fingerprint density at radius 2 is 1.59 bits per heavy atom. The molecule has 3 amide bonds. The Kier molecular flexibility index (Phi) is 15.6. The summed E-state index contributed by atoms with van der Waals surface area (Å²) in [5, 5.41) is 17.7. The molecule has 11 heteroatoms. The summed E-state index contributed by atoms with van der Waals surface area (Å²) in [6.45, 7) is 4.16. The molecule has 0 heterocycles. The van der Waals surface area contributed by atoms with E-state index in [0.29, 0.717) is 38.0 Å². The number of carboxylic acids is 1. The summed E-state index contributed by atoms with van der Waals surface area (Å²) < 4.78 is 0. The van der Waals surface area contributed by atoms with Crippen LogP contribution in [0.1, 0.15) is 51.5 Å². The second kappa shape index (κ2) is 17.8. The molecule has 5 unspecified atom stereocenters. The molecule has 0 saturated heterocycles. The predicted octanol–water partition coefficient (Wildman–Crippen LogP) is 1.02. The highest BCUT2D eigenvalue weighted by atomic mass is 32.2. The van der Waals surface area contributed by atoms with E-state index in [0.717, 1.165) is 5.56 Å². The van der Waals surface area contributed by atoms with E-state index in [1.807, 2.05) is 26.2 Å². The number of benzene rings is 1. The molecule has 0 bridgehead atoms. The first-order valence-corrected chi connectivity index (χ1v) is 14.2. The Morgan fingerprint density at radius 3 is 2.16 bits per heavy atom. The lowest BCUT2D eigenvalue weighted by Crippen LogP contribution is -2.58. The fourth-order valence-corrected chi connectivity index (χ4v) is 4.17. The van der Waals surface area contributed by atoms with Gasteiger partial charge < -0.3 is 32.5 Å². The minimum atomic E-state index is -1.17. The molecule has 10 nitrogen and oxygen atoms in total. The third kappa shape index (κ3) is 12.0. The average molecular weight is 538 g/mol. The summed E-state index contributed by atoms with van der Waals surface area (Å²) in [6.07, 6.45) is 4.59. The SMILES string of the molecule is CCC(C)C(NC(=O)C(N)CCSC)C(=O)NC(CCCCN)C(=O)NC(Cc1ccccc1)C(=O)O. The standard InChI is InChI=1S/C26H43N5O5S/c1-4-17(2)22(31-23(32)19(28)13-15-37-3)25(34)29-20(12-8-9-14-27)24(33)30-21(26(35)36)16-18-10-6-5-7-11-18/h5-7,10-11,17,19-22H,4,8-9,12-16,27-28H2,1-3H3,(H,29,34)(H,30,33)(H,31,32)(H,35,36). The molecule has 0 aliphatic rings.